The van der Waals surface area contributed by atoms with E-state index < -0.39 is 0 Å². The Morgan fingerprint density at radius 1 is 1.09 bits per heavy atom. The van der Waals surface area contributed by atoms with E-state index >= 15 is 0 Å². The Labute approximate surface area is 186 Å². The van der Waals surface area contributed by atoms with Crippen molar-refractivity contribution in [1.82, 2.24) is 20.1 Å². The number of pyridine rings is 1. The highest BCUT2D eigenvalue weighted by atomic mass is 16.5. The number of rotatable bonds is 7. The number of aromatic nitrogens is 3. The molecule has 1 amide bonds. The van der Waals surface area contributed by atoms with Crippen LogP contribution in [0.4, 0.5) is 0 Å². The highest BCUT2D eigenvalue weighted by molar-refractivity contribution is 5.96. The van der Waals surface area contributed by atoms with Crippen molar-refractivity contribution in [3.63, 3.8) is 0 Å². The summed E-state index contributed by atoms with van der Waals surface area (Å²) in [4.78, 5) is 17.2. The molecule has 1 N–H and O–H groups in total. The molecule has 2 aromatic carbocycles. The number of benzene rings is 2. The van der Waals surface area contributed by atoms with Gasteiger partial charge in [0.15, 0.2) is 0 Å². The zero-order valence-electron chi connectivity index (χ0n) is 18.2. The molecule has 7 heteroatoms. The quantitative estimate of drug-likeness (QED) is 0.468. The Hall–Kier alpha value is -4.13. The first-order valence-corrected chi connectivity index (χ1v) is 10.2. The van der Waals surface area contributed by atoms with Gasteiger partial charge in [0.1, 0.15) is 17.2 Å². The zero-order valence-corrected chi connectivity index (χ0v) is 18.2. The average molecular weight is 428 g/mol. The van der Waals surface area contributed by atoms with Crippen molar-refractivity contribution in [3.8, 4) is 28.5 Å². The van der Waals surface area contributed by atoms with Crippen molar-refractivity contribution in [2.45, 2.75) is 13.5 Å². The van der Waals surface area contributed by atoms with Crippen LogP contribution >= 0.6 is 0 Å². The van der Waals surface area contributed by atoms with Crippen LogP contribution in [0.3, 0.4) is 0 Å². The van der Waals surface area contributed by atoms with E-state index in [1.807, 2.05) is 62.6 Å². The van der Waals surface area contributed by atoms with Crippen LogP contribution in [-0.4, -0.2) is 27.8 Å². The number of para-hydroxylation sites is 1. The number of amides is 1. The molecule has 4 aromatic rings. The lowest BCUT2D eigenvalue weighted by Crippen LogP contribution is -2.23. The summed E-state index contributed by atoms with van der Waals surface area (Å²) in [6, 6.07) is 16.7. The monoisotopic (exact) mass is 428 g/mol. The van der Waals surface area contributed by atoms with Crippen molar-refractivity contribution >= 4 is 5.91 Å². The lowest BCUT2D eigenvalue weighted by atomic mass is 10.1. The summed E-state index contributed by atoms with van der Waals surface area (Å²) in [7, 11) is 3.47. The standard InChI is InChI=1S/C25H24N4O3/c1-17-8-9-20(32-21-10-11-26-23(13-21)19-15-28-29(2)16-19)12-22(17)25(30)27-14-18-6-4-5-7-24(18)31-3/h4-13,15-16H,14H2,1-3H3,(H,27,30). The molecule has 32 heavy (non-hydrogen) atoms. The molecule has 0 bridgehead atoms. The van der Waals surface area contributed by atoms with Crippen LogP contribution in [0.5, 0.6) is 17.2 Å². The van der Waals surface area contributed by atoms with Crippen LogP contribution in [0.2, 0.25) is 0 Å². The fourth-order valence-corrected chi connectivity index (χ4v) is 3.35. The van der Waals surface area contributed by atoms with E-state index in [0.29, 0.717) is 23.6 Å². The lowest BCUT2D eigenvalue weighted by molar-refractivity contribution is 0.0949. The highest BCUT2D eigenvalue weighted by Crippen LogP contribution is 2.27. The molecule has 0 aliphatic rings. The second kappa shape index (κ2) is 9.34. The van der Waals surface area contributed by atoms with Crippen molar-refractivity contribution in [2.24, 2.45) is 7.05 Å². The third kappa shape index (κ3) is 4.78. The molecule has 0 saturated heterocycles. The Kier molecular flexibility index (Phi) is 6.17. The second-order valence-corrected chi connectivity index (χ2v) is 7.35. The molecule has 0 saturated carbocycles. The number of carbonyl (C=O) groups excluding carboxylic acids is 1. The minimum atomic E-state index is -0.176. The normalized spacial score (nSPS) is 10.6. The first-order chi connectivity index (χ1) is 15.5. The van der Waals surface area contributed by atoms with E-state index in [0.717, 1.165) is 28.1 Å². The Morgan fingerprint density at radius 2 is 1.91 bits per heavy atom. The molecule has 0 aliphatic heterocycles. The van der Waals surface area contributed by atoms with Crippen LogP contribution in [0.25, 0.3) is 11.3 Å². The first-order valence-electron chi connectivity index (χ1n) is 10.2. The van der Waals surface area contributed by atoms with Crippen LogP contribution < -0.4 is 14.8 Å². The smallest absolute Gasteiger partial charge is 0.251 e. The summed E-state index contributed by atoms with van der Waals surface area (Å²) >= 11 is 0. The minimum Gasteiger partial charge on any atom is -0.496 e. The molecule has 4 rings (SSSR count). The van der Waals surface area contributed by atoms with E-state index in [1.54, 1.807) is 36.3 Å². The second-order valence-electron chi connectivity index (χ2n) is 7.35. The average Bonchev–Trinajstić information content (AvgIpc) is 3.25. The van der Waals surface area contributed by atoms with E-state index in [9.17, 15) is 4.79 Å². The Balaban J connectivity index is 1.50. The zero-order chi connectivity index (χ0) is 22.5. The number of hydrogen-bond acceptors (Lipinski definition) is 5. The summed E-state index contributed by atoms with van der Waals surface area (Å²) in [5.41, 5.74) is 3.99. The number of ether oxygens (including phenoxy) is 2. The largest absolute Gasteiger partial charge is 0.496 e. The number of carbonyl (C=O) groups is 1. The number of hydrogen-bond donors (Lipinski definition) is 1. The first kappa shape index (κ1) is 21.1. The van der Waals surface area contributed by atoms with Crippen molar-refractivity contribution in [1.29, 1.82) is 0 Å². The van der Waals surface area contributed by atoms with Gasteiger partial charge in [0, 0.05) is 48.7 Å². The van der Waals surface area contributed by atoms with Gasteiger partial charge >= 0.3 is 0 Å². The number of nitrogens with zero attached hydrogens (tertiary/aromatic N) is 3. The number of nitrogens with one attached hydrogen (secondary N) is 1. The van der Waals surface area contributed by atoms with Crippen LogP contribution in [0.15, 0.2) is 73.2 Å². The molecule has 0 unspecified atom stereocenters. The number of aryl methyl sites for hydroxylation is 2. The van der Waals surface area contributed by atoms with Gasteiger partial charge in [0.25, 0.3) is 5.91 Å². The molecule has 2 aromatic heterocycles. The van der Waals surface area contributed by atoms with Crippen molar-refractivity contribution in [3.05, 3.63) is 89.9 Å². The highest BCUT2D eigenvalue weighted by Gasteiger charge is 2.12. The van der Waals surface area contributed by atoms with E-state index in [4.69, 9.17) is 9.47 Å². The summed E-state index contributed by atoms with van der Waals surface area (Å²) in [6.45, 7) is 2.26. The predicted molar refractivity (Wildman–Crippen MR) is 122 cm³/mol. The maximum atomic E-state index is 12.9. The van der Waals surface area contributed by atoms with Crippen LogP contribution in [0.1, 0.15) is 21.5 Å². The van der Waals surface area contributed by atoms with Gasteiger partial charge in [-0.2, -0.15) is 5.10 Å². The molecule has 0 atom stereocenters. The van der Waals surface area contributed by atoms with E-state index in [2.05, 4.69) is 15.4 Å². The summed E-state index contributed by atoms with van der Waals surface area (Å²) in [5, 5.41) is 7.14. The molecular weight excluding hydrogens is 404 g/mol. The number of methoxy groups -OCH3 is 1. The van der Waals surface area contributed by atoms with E-state index in [1.165, 1.54) is 0 Å². The predicted octanol–water partition coefficient (Wildman–Crippen LogP) is 4.52. The molecule has 2 heterocycles. The van der Waals surface area contributed by atoms with E-state index in [-0.39, 0.29) is 5.91 Å². The van der Waals surface area contributed by atoms with Gasteiger partial charge in [-0.1, -0.05) is 24.3 Å². The SMILES string of the molecule is COc1ccccc1CNC(=O)c1cc(Oc2ccnc(-c3cnn(C)c3)c2)ccc1C. The van der Waals surface area contributed by atoms with Gasteiger partial charge in [-0.15, -0.1) is 0 Å². The lowest BCUT2D eigenvalue weighted by Gasteiger charge is -2.12. The molecule has 7 nitrogen and oxygen atoms in total. The maximum Gasteiger partial charge on any atom is 0.251 e. The van der Waals surface area contributed by atoms with Gasteiger partial charge in [-0.25, -0.2) is 0 Å². The summed E-state index contributed by atoms with van der Waals surface area (Å²) < 4.78 is 13.1. The van der Waals surface area contributed by atoms with Crippen LogP contribution in [0, 0.1) is 6.92 Å². The molecular formula is C25H24N4O3. The minimum absolute atomic E-state index is 0.176. The molecule has 162 valence electrons. The van der Waals surface area contributed by atoms with Gasteiger partial charge < -0.3 is 14.8 Å². The summed E-state index contributed by atoms with van der Waals surface area (Å²) in [5.74, 6) is 1.76. The third-order valence-corrected chi connectivity index (χ3v) is 5.05. The fraction of sp³-hybridized carbons (Fsp3) is 0.160. The van der Waals surface area contributed by atoms with Gasteiger partial charge in [-0.3, -0.25) is 14.5 Å². The summed E-state index contributed by atoms with van der Waals surface area (Å²) in [6.07, 6.45) is 5.33. The van der Waals surface area contributed by atoms with Gasteiger partial charge in [0.05, 0.1) is 19.0 Å². The van der Waals surface area contributed by atoms with Crippen LogP contribution in [-0.2, 0) is 13.6 Å². The maximum absolute atomic E-state index is 12.9. The molecule has 0 spiro atoms. The molecule has 0 aliphatic carbocycles. The fourth-order valence-electron chi connectivity index (χ4n) is 3.35. The van der Waals surface area contributed by atoms with Crippen molar-refractivity contribution < 1.29 is 14.3 Å². The third-order valence-electron chi connectivity index (χ3n) is 5.05. The Morgan fingerprint density at radius 3 is 2.69 bits per heavy atom. The van der Waals surface area contributed by atoms with Gasteiger partial charge in [-0.05, 0) is 36.8 Å². The molecule has 0 radical (unpaired) electrons. The topological polar surface area (TPSA) is 78.3 Å². The molecule has 0 fully saturated rings. The van der Waals surface area contributed by atoms with Gasteiger partial charge in [0.2, 0.25) is 0 Å². The van der Waals surface area contributed by atoms with Crippen molar-refractivity contribution in [2.75, 3.05) is 7.11 Å². The Bertz CT molecular complexity index is 1250.